The summed E-state index contributed by atoms with van der Waals surface area (Å²) in [6, 6.07) is 6.00. The molecule has 3 rings (SSSR count). The van der Waals surface area contributed by atoms with Gasteiger partial charge in [-0.1, -0.05) is 17.7 Å². The van der Waals surface area contributed by atoms with Crippen molar-refractivity contribution < 1.29 is 31.1 Å². The van der Waals surface area contributed by atoms with Crippen LogP contribution in [0.5, 0.6) is 0 Å². The first-order chi connectivity index (χ1) is 13.5. The number of aromatic nitrogens is 3. The maximum Gasteiger partial charge on any atom is 0.383 e. The smallest absolute Gasteiger partial charge is 0.376 e. The lowest BCUT2D eigenvalue weighted by molar-refractivity contribution is -0.145. The predicted octanol–water partition coefficient (Wildman–Crippen LogP) is 2.82. The van der Waals surface area contributed by atoms with Crippen LogP contribution in [0.1, 0.15) is 11.1 Å². The van der Waals surface area contributed by atoms with Gasteiger partial charge >= 0.3 is 5.25 Å². The third-order valence-electron chi connectivity index (χ3n) is 4.38. The average Bonchev–Trinajstić information content (AvgIpc) is 3.14. The fourth-order valence-corrected chi connectivity index (χ4v) is 4.20. The number of nitrogens with zero attached hydrogens (tertiary/aromatic N) is 3. The molecule has 0 amide bonds. The summed E-state index contributed by atoms with van der Waals surface area (Å²) in [6.07, 6.45) is 1.91. The summed E-state index contributed by atoms with van der Waals surface area (Å²) in [5.41, 5.74) is -4.10. The number of aryl methyl sites for hydroxylation is 1. The Morgan fingerprint density at radius 2 is 1.76 bits per heavy atom. The molecule has 6 nitrogen and oxygen atoms in total. The zero-order chi connectivity index (χ0) is 21.4. The minimum atomic E-state index is -5.50. The molecule has 1 N–H and O–H groups in total. The van der Waals surface area contributed by atoms with E-state index in [0.717, 1.165) is 29.5 Å². The first kappa shape index (κ1) is 20.9. The molecule has 1 atom stereocenters. The summed E-state index contributed by atoms with van der Waals surface area (Å²) < 4.78 is 84.7. The van der Waals surface area contributed by atoms with E-state index in [-0.39, 0.29) is 6.07 Å². The van der Waals surface area contributed by atoms with Gasteiger partial charge in [0.15, 0.2) is 5.60 Å². The van der Waals surface area contributed by atoms with E-state index in [1.165, 1.54) is 12.1 Å². The molecular formula is C18H15F4N3O3S. The largest absolute Gasteiger partial charge is 0.383 e. The third-order valence-corrected chi connectivity index (χ3v) is 6.29. The highest BCUT2D eigenvalue weighted by atomic mass is 32.2. The molecule has 0 bridgehead atoms. The fraction of sp³-hybridized carbons (Fsp3) is 0.222. The van der Waals surface area contributed by atoms with Crippen molar-refractivity contribution in [3.8, 4) is 0 Å². The van der Waals surface area contributed by atoms with Crippen LogP contribution >= 0.6 is 0 Å². The van der Waals surface area contributed by atoms with Crippen LogP contribution < -0.4 is 0 Å². The number of halogens is 4. The van der Waals surface area contributed by atoms with Crippen LogP contribution in [-0.2, 0) is 22.0 Å². The molecule has 0 saturated carbocycles. The van der Waals surface area contributed by atoms with Crippen LogP contribution in [-0.4, -0.2) is 33.5 Å². The van der Waals surface area contributed by atoms with Gasteiger partial charge in [0.25, 0.3) is 0 Å². The molecule has 0 radical (unpaired) electrons. The summed E-state index contributed by atoms with van der Waals surface area (Å²) in [5.74, 6) is -2.62. The zero-order valence-corrected chi connectivity index (χ0v) is 15.7. The standard InChI is InChI=1S/C18H15F4N3O3S/c1-12-2-5-14(6-3-12)29(27,28)18(21,22)17(26,9-25-11-23-10-24-25)15-7-4-13(19)8-16(15)20/h2-8,10-11,26H,9H2,1H3. The summed E-state index contributed by atoms with van der Waals surface area (Å²) in [4.78, 5) is 2.77. The Bertz CT molecular complexity index is 1120. The number of alkyl halides is 2. The van der Waals surface area contributed by atoms with Crippen molar-refractivity contribution in [3.63, 3.8) is 0 Å². The highest BCUT2D eigenvalue weighted by molar-refractivity contribution is 7.92. The summed E-state index contributed by atoms with van der Waals surface area (Å²) >= 11 is 0. The average molecular weight is 429 g/mol. The number of hydrogen-bond acceptors (Lipinski definition) is 5. The van der Waals surface area contributed by atoms with Crippen molar-refractivity contribution in [2.24, 2.45) is 0 Å². The summed E-state index contributed by atoms with van der Waals surface area (Å²) in [5, 5.41) is 9.58. The third kappa shape index (κ3) is 3.51. The van der Waals surface area contributed by atoms with E-state index in [9.17, 15) is 22.3 Å². The van der Waals surface area contributed by atoms with Gasteiger partial charge in [-0.25, -0.2) is 26.9 Å². The lowest BCUT2D eigenvalue weighted by Crippen LogP contribution is -2.53. The Kier molecular flexibility index (Phi) is 5.22. The second-order valence-corrected chi connectivity index (χ2v) is 8.40. The highest BCUT2D eigenvalue weighted by Gasteiger charge is 2.64. The SMILES string of the molecule is Cc1ccc(S(=O)(=O)C(F)(F)C(O)(Cn2cncn2)c2ccc(F)cc2F)cc1. The van der Waals surface area contributed by atoms with Crippen LogP contribution in [0.25, 0.3) is 0 Å². The minimum Gasteiger partial charge on any atom is -0.376 e. The van der Waals surface area contributed by atoms with Crippen molar-refractivity contribution in [2.75, 3.05) is 0 Å². The van der Waals surface area contributed by atoms with Crippen molar-refractivity contribution in [2.45, 2.75) is 29.2 Å². The molecule has 0 fully saturated rings. The summed E-state index contributed by atoms with van der Waals surface area (Å²) in [6.45, 7) is 0.469. The fourth-order valence-electron chi connectivity index (χ4n) is 2.80. The van der Waals surface area contributed by atoms with Crippen molar-refractivity contribution >= 4 is 9.84 Å². The monoisotopic (exact) mass is 429 g/mol. The first-order valence-corrected chi connectivity index (χ1v) is 9.67. The Hall–Kier alpha value is -2.79. The van der Waals surface area contributed by atoms with Crippen molar-refractivity contribution in [3.05, 3.63) is 77.9 Å². The maximum atomic E-state index is 15.4. The number of hydrogen-bond donors (Lipinski definition) is 1. The lowest BCUT2D eigenvalue weighted by atomic mass is 9.93. The van der Waals surface area contributed by atoms with Gasteiger partial charge in [-0.3, -0.25) is 0 Å². The van der Waals surface area contributed by atoms with Crippen molar-refractivity contribution in [1.82, 2.24) is 14.8 Å². The maximum absolute atomic E-state index is 15.4. The van der Waals surface area contributed by atoms with Gasteiger partial charge in [0.2, 0.25) is 9.84 Å². The molecule has 29 heavy (non-hydrogen) atoms. The van der Waals surface area contributed by atoms with Crippen LogP contribution in [0.4, 0.5) is 17.6 Å². The Morgan fingerprint density at radius 3 is 2.31 bits per heavy atom. The van der Waals surface area contributed by atoms with Crippen LogP contribution in [0.15, 0.2) is 60.0 Å². The van der Waals surface area contributed by atoms with E-state index in [4.69, 9.17) is 0 Å². The van der Waals surface area contributed by atoms with Gasteiger partial charge < -0.3 is 5.11 Å². The van der Waals surface area contributed by atoms with E-state index in [1.807, 2.05) is 0 Å². The molecular weight excluding hydrogens is 414 g/mol. The molecule has 2 aromatic carbocycles. The Balaban J connectivity index is 2.22. The second-order valence-electron chi connectivity index (χ2n) is 6.41. The van der Waals surface area contributed by atoms with Gasteiger partial charge in [0.05, 0.1) is 11.4 Å². The quantitative estimate of drug-likeness (QED) is 0.609. The van der Waals surface area contributed by atoms with Gasteiger partial charge in [0, 0.05) is 11.6 Å². The lowest BCUT2D eigenvalue weighted by Gasteiger charge is -2.35. The first-order valence-electron chi connectivity index (χ1n) is 8.18. The molecule has 1 aromatic heterocycles. The second kappa shape index (κ2) is 7.23. The molecule has 3 aromatic rings. The van der Waals surface area contributed by atoms with E-state index in [2.05, 4.69) is 10.1 Å². The van der Waals surface area contributed by atoms with E-state index in [1.54, 1.807) is 6.92 Å². The topological polar surface area (TPSA) is 85.1 Å². The zero-order valence-electron chi connectivity index (χ0n) is 14.9. The Labute approximate surface area is 163 Å². The van der Waals surface area contributed by atoms with E-state index >= 15 is 8.78 Å². The van der Waals surface area contributed by atoms with E-state index < -0.39 is 49.3 Å². The molecule has 1 heterocycles. The van der Waals surface area contributed by atoms with Crippen LogP contribution in [0.2, 0.25) is 0 Å². The molecule has 0 saturated heterocycles. The molecule has 0 aliphatic heterocycles. The molecule has 11 heteroatoms. The number of benzene rings is 2. The molecule has 0 spiro atoms. The van der Waals surface area contributed by atoms with Crippen molar-refractivity contribution in [1.29, 1.82) is 0 Å². The van der Waals surface area contributed by atoms with Crippen LogP contribution in [0.3, 0.4) is 0 Å². The highest BCUT2D eigenvalue weighted by Crippen LogP contribution is 2.46. The molecule has 0 aliphatic rings. The molecule has 0 aliphatic carbocycles. The number of aliphatic hydroxyl groups is 1. The number of sulfone groups is 1. The van der Waals surface area contributed by atoms with Gasteiger partial charge in [0.1, 0.15) is 24.3 Å². The summed E-state index contributed by atoms with van der Waals surface area (Å²) in [7, 11) is -5.50. The van der Waals surface area contributed by atoms with Gasteiger partial charge in [-0.05, 0) is 31.2 Å². The number of rotatable bonds is 6. The molecule has 1 unspecified atom stereocenters. The normalized spacial score (nSPS) is 14.6. The van der Waals surface area contributed by atoms with Gasteiger partial charge in [-0.15, -0.1) is 0 Å². The van der Waals surface area contributed by atoms with Crippen LogP contribution in [0, 0.1) is 18.6 Å². The van der Waals surface area contributed by atoms with Gasteiger partial charge in [-0.2, -0.15) is 13.9 Å². The van der Waals surface area contributed by atoms with E-state index in [0.29, 0.717) is 17.7 Å². The predicted molar refractivity (Wildman–Crippen MR) is 93.6 cm³/mol. The minimum absolute atomic E-state index is 0.274. The Morgan fingerprint density at radius 1 is 1.10 bits per heavy atom. The molecule has 154 valence electrons.